The van der Waals surface area contributed by atoms with Crippen molar-refractivity contribution in [2.24, 2.45) is 0 Å². The van der Waals surface area contributed by atoms with Crippen molar-refractivity contribution in [1.29, 1.82) is 0 Å². The molecule has 0 bridgehead atoms. The van der Waals surface area contributed by atoms with Crippen LogP contribution in [0, 0.1) is 6.92 Å². The van der Waals surface area contributed by atoms with Crippen LogP contribution in [0.5, 0.6) is 0 Å². The van der Waals surface area contributed by atoms with Crippen LogP contribution in [-0.2, 0) is 5.41 Å². The fraction of sp³-hybridized carbons (Fsp3) is 0.182. The lowest BCUT2D eigenvalue weighted by Gasteiger charge is -2.21. The van der Waals surface area contributed by atoms with Gasteiger partial charge in [0, 0.05) is 16.8 Å². The minimum Gasteiger partial charge on any atom is -0.355 e. The molecule has 3 aromatic rings. The monoisotopic (exact) mass is 299 g/mol. The van der Waals surface area contributed by atoms with Gasteiger partial charge in [-0.3, -0.25) is 0 Å². The van der Waals surface area contributed by atoms with E-state index in [0.717, 1.165) is 11.4 Å². The van der Waals surface area contributed by atoms with Crippen LogP contribution in [0.3, 0.4) is 0 Å². The highest BCUT2D eigenvalue weighted by molar-refractivity contribution is 5.83. The summed E-state index contributed by atoms with van der Waals surface area (Å²) in [5.41, 5.74) is 9.19. The van der Waals surface area contributed by atoms with E-state index in [9.17, 15) is 0 Å². The van der Waals surface area contributed by atoms with Crippen molar-refractivity contribution in [3.63, 3.8) is 0 Å². The highest BCUT2D eigenvalue weighted by Crippen LogP contribution is 2.49. The van der Waals surface area contributed by atoms with Gasteiger partial charge >= 0.3 is 0 Å². The molecule has 1 nitrogen and oxygen atoms in total. The molecule has 0 heterocycles. The lowest BCUT2D eigenvalue weighted by Crippen LogP contribution is -2.14. The molecule has 0 amide bonds. The number of aryl methyl sites for hydroxylation is 1. The predicted molar refractivity (Wildman–Crippen MR) is 98.5 cm³/mol. The quantitative estimate of drug-likeness (QED) is 0.608. The largest absolute Gasteiger partial charge is 0.355 e. The molecular weight excluding hydrogens is 278 g/mol. The zero-order valence-corrected chi connectivity index (χ0v) is 13.9. The van der Waals surface area contributed by atoms with Crippen molar-refractivity contribution in [3.8, 4) is 11.1 Å². The molecule has 1 heteroatoms. The zero-order chi connectivity index (χ0) is 16.0. The molecule has 0 spiro atoms. The summed E-state index contributed by atoms with van der Waals surface area (Å²) in [5.74, 6) is 0. The van der Waals surface area contributed by atoms with Crippen molar-refractivity contribution in [1.82, 2.24) is 0 Å². The summed E-state index contributed by atoms with van der Waals surface area (Å²) in [4.78, 5) is 0. The van der Waals surface area contributed by atoms with Gasteiger partial charge in [0.15, 0.2) is 0 Å². The molecule has 1 N–H and O–H groups in total. The molecule has 0 radical (unpaired) electrons. The Kier molecular flexibility index (Phi) is 3.05. The van der Waals surface area contributed by atoms with Crippen molar-refractivity contribution >= 4 is 11.4 Å². The first kappa shape index (κ1) is 14.1. The number of fused-ring (bicyclic) bond motifs is 3. The molecule has 3 aromatic carbocycles. The Labute approximate surface area is 138 Å². The number of anilines is 2. The second-order valence-electron chi connectivity index (χ2n) is 6.87. The Hall–Kier alpha value is -2.54. The van der Waals surface area contributed by atoms with Gasteiger partial charge in [0.25, 0.3) is 0 Å². The third-order valence-corrected chi connectivity index (χ3v) is 5.01. The minimum absolute atomic E-state index is 0.0765. The van der Waals surface area contributed by atoms with E-state index in [0.29, 0.717) is 0 Å². The smallest absolute Gasteiger partial charge is 0.0413 e. The molecule has 0 fully saturated rings. The van der Waals surface area contributed by atoms with Gasteiger partial charge in [-0.15, -0.1) is 0 Å². The molecule has 0 saturated carbocycles. The maximum Gasteiger partial charge on any atom is 0.0413 e. The first-order valence-electron chi connectivity index (χ1n) is 8.14. The van der Waals surface area contributed by atoms with Crippen LogP contribution in [0.1, 0.15) is 30.5 Å². The van der Waals surface area contributed by atoms with E-state index in [-0.39, 0.29) is 5.41 Å². The molecule has 1 aliphatic carbocycles. The zero-order valence-electron chi connectivity index (χ0n) is 13.9. The standard InChI is InChI=1S/C22H21N/c1-15-8-4-7-11-21(15)23-16-12-13-20-18(14-16)17-9-5-6-10-19(17)22(20,2)3/h4-14,23H,1-3H3. The molecule has 114 valence electrons. The van der Waals surface area contributed by atoms with Crippen LogP contribution in [0.2, 0.25) is 0 Å². The summed E-state index contributed by atoms with van der Waals surface area (Å²) in [7, 11) is 0. The van der Waals surface area contributed by atoms with Gasteiger partial charge in [0.05, 0.1) is 0 Å². The number of benzene rings is 3. The molecule has 0 atom stereocenters. The third-order valence-electron chi connectivity index (χ3n) is 5.01. The highest BCUT2D eigenvalue weighted by atomic mass is 14.9. The van der Waals surface area contributed by atoms with Gasteiger partial charge in [-0.1, -0.05) is 62.4 Å². The molecule has 1 aliphatic rings. The topological polar surface area (TPSA) is 12.0 Å². The number of hydrogen-bond donors (Lipinski definition) is 1. The van der Waals surface area contributed by atoms with E-state index in [1.54, 1.807) is 0 Å². The van der Waals surface area contributed by atoms with Crippen LogP contribution < -0.4 is 5.32 Å². The Balaban J connectivity index is 1.80. The van der Waals surface area contributed by atoms with Crippen LogP contribution >= 0.6 is 0 Å². The van der Waals surface area contributed by atoms with Gasteiger partial charge in [0.2, 0.25) is 0 Å². The van der Waals surface area contributed by atoms with Crippen LogP contribution in [0.15, 0.2) is 66.7 Å². The van der Waals surface area contributed by atoms with Crippen molar-refractivity contribution in [2.45, 2.75) is 26.2 Å². The van der Waals surface area contributed by atoms with Gasteiger partial charge in [-0.05, 0) is 52.9 Å². The number of hydrogen-bond acceptors (Lipinski definition) is 1. The summed E-state index contributed by atoms with van der Waals surface area (Å²) in [5, 5.41) is 3.56. The number of nitrogens with one attached hydrogen (secondary N) is 1. The molecule has 4 rings (SSSR count). The predicted octanol–water partition coefficient (Wildman–Crippen LogP) is 6.04. The van der Waals surface area contributed by atoms with E-state index in [1.165, 1.54) is 27.8 Å². The summed E-state index contributed by atoms with van der Waals surface area (Å²) in [6.07, 6.45) is 0. The Morgan fingerprint density at radius 3 is 2.26 bits per heavy atom. The van der Waals surface area contributed by atoms with Crippen LogP contribution in [-0.4, -0.2) is 0 Å². The summed E-state index contributed by atoms with van der Waals surface area (Å²) >= 11 is 0. The van der Waals surface area contributed by atoms with Crippen LogP contribution in [0.25, 0.3) is 11.1 Å². The Bertz CT molecular complexity index is 890. The normalized spacial score (nSPS) is 14.2. The third kappa shape index (κ3) is 2.16. The van der Waals surface area contributed by atoms with Gasteiger partial charge in [-0.25, -0.2) is 0 Å². The summed E-state index contributed by atoms with van der Waals surface area (Å²) < 4.78 is 0. The second-order valence-corrected chi connectivity index (χ2v) is 6.87. The van der Waals surface area contributed by atoms with Crippen LogP contribution in [0.4, 0.5) is 11.4 Å². The summed E-state index contributed by atoms with van der Waals surface area (Å²) in [6.45, 7) is 6.76. The maximum absolute atomic E-state index is 3.56. The first-order valence-corrected chi connectivity index (χ1v) is 8.14. The lowest BCUT2D eigenvalue weighted by molar-refractivity contribution is 0.660. The Morgan fingerprint density at radius 1 is 0.739 bits per heavy atom. The Morgan fingerprint density at radius 2 is 1.43 bits per heavy atom. The average molecular weight is 299 g/mol. The molecule has 0 aromatic heterocycles. The SMILES string of the molecule is Cc1ccccc1Nc1ccc2c(c1)-c1ccccc1C2(C)C. The van der Waals surface area contributed by atoms with E-state index in [2.05, 4.69) is 92.8 Å². The van der Waals surface area contributed by atoms with Crippen molar-refractivity contribution in [2.75, 3.05) is 5.32 Å². The van der Waals surface area contributed by atoms with Crippen molar-refractivity contribution in [3.05, 3.63) is 83.4 Å². The van der Waals surface area contributed by atoms with Gasteiger partial charge in [-0.2, -0.15) is 0 Å². The number of para-hydroxylation sites is 1. The van der Waals surface area contributed by atoms with Gasteiger partial charge < -0.3 is 5.32 Å². The summed E-state index contributed by atoms with van der Waals surface area (Å²) in [6, 6.07) is 23.9. The average Bonchev–Trinajstić information content (AvgIpc) is 2.78. The highest BCUT2D eigenvalue weighted by Gasteiger charge is 2.34. The van der Waals surface area contributed by atoms with Crippen molar-refractivity contribution < 1.29 is 0 Å². The molecule has 0 aliphatic heterocycles. The fourth-order valence-corrected chi connectivity index (χ4v) is 3.67. The molecule has 23 heavy (non-hydrogen) atoms. The molecule has 0 unspecified atom stereocenters. The van der Waals surface area contributed by atoms with E-state index in [4.69, 9.17) is 0 Å². The maximum atomic E-state index is 3.56. The minimum atomic E-state index is 0.0765. The van der Waals surface area contributed by atoms with E-state index >= 15 is 0 Å². The number of rotatable bonds is 2. The van der Waals surface area contributed by atoms with E-state index < -0.39 is 0 Å². The van der Waals surface area contributed by atoms with Gasteiger partial charge in [0.1, 0.15) is 0 Å². The van der Waals surface area contributed by atoms with E-state index in [1.807, 2.05) is 0 Å². The first-order chi connectivity index (χ1) is 11.1. The molecule has 0 saturated heterocycles. The second kappa shape index (κ2) is 4.99. The lowest BCUT2D eigenvalue weighted by atomic mass is 9.82. The fourth-order valence-electron chi connectivity index (χ4n) is 3.67. The molecular formula is C22H21N.